The molecular formula is C27H22ClN7O2. The van der Waals surface area contributed by atoms with E-state index in [2.05, 4.69) is 37.0 Å². The SMILES string of the molecule is N#CC1(C(=O)Nc2cccc(Nc3cc(Nc4ccc(OCc5ccccn5)c(Cl)c4)ncn3)c2)CC1. The molecule has 2 aromatic heterocycles. The molecule has 1 fully saturated rings. The minimum Gasteiger partial charge on any atom is -0.486 e. The van der Waals surface area contributed by atoms with Crippen LogP contribution in [0, 0.1) is 16.7 Å². The number of anilines is 5. The van der Waals surface area contributed by atoms with Gasteiger partial charge in [0.1, 0.15) is 35.7 Å². The first-order chi connectivity index (χ1) is 18.0. The number of nitrogens with zero attached hydrogens (tertiary/aromatic N) is 4. The molecule has 2 aromatic carbocycles. The molecule has 0 aliphatic heterocycles. The number of benzene rings is 2. The molecule has 1 aliphatic rings. The topological polar surface area (TPSA) is 125 Å². The van der Waals surface area contributed by atoms with Crippen molar-refractivity contribution in [2.24, 2.45) is 5.41 Å². The molecule has 0 radical (unpaired) electrons. The number of ether oxygens (including phenoxy) is 1. The van der Waals surface area contributed by atoms with Gasteiger partial charge in [-0.05, 0) is 61.4 Å². The van der Waals surface area contributed by atoms with Crippen LogP contribution in [0.5, 0.6) is 5.75 Å². The number of rotatable bonds is 9. The highest BCUT2D eigenvalue weighted by atomic mass is 35.5. The Kier molecular flexibility index (Phi) is 6.83. The number of carbonyl (C=O) groups is 1. The lowest BCUT2D eigenvalue weighted by Crippen LogP contribution is -2.22. The first-order valence-electron chi connectivity index (χ1n) is 11.5. The van der Waals surface area contributed by atoms with Crippen LogP contribution in [0.4, 0.5) is 28.7 Å². The minimum absolute atomic E-state index is 0.271. The monoisotopic (exact) mass is 511 g/mol. The zero-order chi connectivity index (χ0) is 25.7. The number of halogens is 1. The highest BCUT2D eigenvalue weighted by molar-refractivity contribution is 6.32. The average Bonchev–Trinajstić information content (AvgIpc) is 3.71. The fourth-order valence-electron chi connectivity index (χ4n) is 3.56. The fourth-order valence-corrected chi connectivity index (χ4v) is 3.80. The van der Waals surface area contributed by atoms with Crippen LogP contribution < -0.4 is 20.7 Å². The summed E-state index contributed by atoms with van der Waals surface area (Å²) in [5.74, 6) is 1.40. The van der Waals surface area contributed by atoms with Gasteiger partial charge in [-0.15, -0.1) is 0 Å². The van der Waals surface area contributed by atoms with Crippen molar-refractivity contribution in [2.45, 2.75) is 19.4 Å². The van der Waals surface area contributed by atoms with Crippen LogP contribution in [-0.4, -0.2) is 20.9 Å². The number of aromatic nitrogens is 3. The Morgan fingerprint density at radius 1 is 0.946 bits per heavy atom. The molecule has 5 rings (SSSR count). The van der Waals surface area contributed by atoms with Crippen molar-refractivity contribution in [3.05, 3.63) is 90.0 Å². The summed E-state index contributed by atoms with van der Waals surface area (Å²) in [6.07, 6.45) is 4.34. The lowest BCUT2D eigenvalue weighted by Gasteiger charge is -2.12. The Labute approximate surface area is 218 Å². The van der Waals surface area contributed by atoms with Gasteiger partial charge in [0.25, 0.3) is 0 Å². The van der Waals surface area contributed by atoms with E-state index in [1.54, 1.807) is 36.5 Å². The third-order valence-electron chi connectivity index (χ3n) is 5.76. The van der Waals surface area contributed by atoms with Crippen molar-refractivity contribution in [3.63, 3.8) is 0 Å². The van der Waals surface area contributed by atoms with E-state index in [4.69, 9.17) is 16.3 Å². The second kappa shape index (κ2) is 10.5. The molecule has 0 spiro atoms. The summed E-state index contributed by atoms with van der Waals surface area (Å²) in [5, 5.41) is 18.9. The maximum Gasteiger partial charge on any atom is 0.244 e. The van der Waals surface area contributed by atoms with Gasteiger partial charge in [0.2, 0.25) is 5.91 Å². The van der Waals surface area contributed by atoms with E-state index in [0.717, 1.165) is 17.1 Å². The molecule has 1 amide bonds. The summed E-state index contributed by atoms with van der Waals surface area (Å²) in [6.45, 7) is 0.318. The first-order valence-corrected chi connectivity index (χ1v) is 11.9. The van der Waals surface area contributed by atoms with Crippen LogP contribution in [0.2, 0.25) is 5.02 Å². The minimum atomic E-state index is -0.886. The van der Waals surface area contributed by atoms with Gasteiger partial charge in [-0.2, -0.15) is 5.26 Å². The molecule has 0 bridgehead atoms. The number of nitrogens with one attached hydrogen (secondary N) is 3. The van der Waals surface area contributed by atoms with Crippen molar-refractivity contribution >= 4 is 46.2 Å². The van der Waals surface area contributed by atoms with Gasteiger partial charge in [0.15, 0.2) is 0 Å². The van der Waals surface area contributed by atoms with Crippen molar-refractivity contribution in [1.82, 2.24) is 15.0 Å². The Bertz CT molecular complexity index is 1470. The number of hydrogen-bond acceptors (Lipinski definition) is 8. The lowest BCUT2D eigenvalue weighted by atomic mass is 10.1. The van der Waals surface area contributed by atoms with Gasteiger partial charge in [0.05, 0.1) is 16.8 Å². The van der Waals surface area contributed by atoms with E-state index in [1.165, 1.54) is 6.33 Å². The number of pyridine rings is 1. The summed E-state index contributed by atoms with van der Waals surface area (Å²) in [4.78, 5) is 25.1. The normalized spacial score (nSPS) is 13.2. The van der Waals surface area contributed by atoms with Crippen molar-refractivity contribution < 1.29 is 9.53 Å². The van der Waals surface area contributed by atoms with Crippen LogP contribution in [0.3, 0.4) is 0 Å². The van der Waals surface area contributed by atoms with Crippen LogP contribution >= 0.6 is 11.6 Å². The van der Waals surface area contributed by atoms with Crippen LogP contribution in [-0.2, 0) is 11.4 Å². The second-order valence-corrected chi connectivity index (χ2v) is 8.93. The summed E-state index contributed by atoms with van der Waals surface area (Å²) in [5.41, 5.74) is 1.98. The van der Waals surface area contributed by atoms with E-state index in [0.29, 0.717) is 47.5 Å². The molecule has 1 saturated carbocycles. The van der Waals surface area contributed by atoms with Crippen LogP contribution in [0.25, 0.3) is 0 Å². The molecular weight excluding hydrogens is 490 g/mol. The van der Waals surface area contributed by atoms with E-state index in [-0.39, 0.29) is 5.91 Å². The van der Waals surface area contributed by atoms with Gasteiger partial charge in [-0.1, -0.05) is 23.7 Å². The molecule has 0 saturated heterocycles. The highest BCUT2D eigenvalue weighted by Gasteiger charge is 2.50. The first kappa shape index (κ1) is 24.0. The summed E-state index contributed by atoms with van der Waals surface area (Å²) >= 11 is 6.41. The number of carbonyl (C=O) groups excluding carboxylic acids is 1. The Hall–Kier alpha value is -4.68. The van der Waals surface area contributed by atoms with Crippen molar-refractivity contribution in [1.29, 1.82) is 5.26 Å². The molecule has 2 heterocycles. The smallest absolute Gasteiger partial charge is 0.244 e. The highest BCUT2D eigenvalue weighted by Crippen LogP contribution is 2.45. The summed E-state index contributed by atoms with van der Waals surface area (Å²) < 4.78 is 5.78. The molecule has 1 aliphatic carbocycles. The van der Waals surface area contributed by atoms with E-state index >= 15 is 0 Å². The Balaban J connectivity index is 1.21. The second-order valence-electron chi connectivity index (χ2n) is 8.52. The lowest BCUT2D eigenvalue weighted by molar-refractivity contribution is -0.119. The quantitative estimate of drug-likeness (QED) is 0.256. The van der Waals surface area contributed by atoms with Crippen LogP contribution in [0.15, 0.2) is 79.3 Å². The van der Waals surface area contributed by atoms with Gasteiger partial charge in [-0.3, -0.25) is 9.78 Å². The molecule has 37 heavy (non-hydrogen) atoms. The number of hydrogen-bond donors (Lipinski definition) is 3. The zero-order valence-electron chi connectivity index (χ0n) is 19.6. The third kappa shape index (κ3) is 5.94. The van der Waals surface area contributed by atoms with Crippen LogP contribution in [0.1, 0.15) is 18.5 Å². The van der Waals surface area contributed by atoms with Gasteiger partial charge < -0.3 is 20.7 Å². The molecule has 0 atom stereocenters. The molecule has 0 unspecified atom stereocenters. The zero-order valence-corrected chi connectivity index (χ0v) is 20.4. The van der Waals surface area contributed by atoms with Gasteiger partial charge in [0, 0.05) is 29.3 Å². The van der Waals surface area contributed by atoms with E-state index in [9.17, 15) is 10.1 Å². The van der Waals surface area contributed by atoms with Crippen molar-refractivity contribution in [2.75, 3.05) is 16.0 Å². The Morgan fingerprint density at radius 3 is 2.38 bits per heavy atom. The maximum atomic E-state index is 12.4. The van der Waals surface area contributed by atoms with Crippen molar-refractivity contribution in [3.8, 4) is 11.8 Å². The van der Waals surface area contributed by atoms with E-state index in [1.807, 2.05) is 36.4 Å². The largest absolute Gasteiger partial charge is 0.486 e. The average molecular weight is 512 g/mol. The maximum absolute atomic E-state index is 12.4. The fraction of sp³-hybridized carbons (Fsp3) is 0.148. The number of nitriles is 1. The summed E-state index contributed by atoms with van der Waals surface area (Å²) in [6, 6.07) is 22.1. The predicted octanol–water partition coefficient (Wildman–Crippen LogP) is 5.83. The third-order valence-corrected chi connectivity index (χ3v) is 6.06. The van der Waals surface area contributed by atoms with E-state index < -0.39 is 5.41 Å². The molecule has 4 aromatic rings. The molecule has 184 valence electrons. The standard InChI is InChI=1S/C27H22ClN7O2/c28-22-13-20(7-8-23(22)37-15-21-4-1-2-11-30-21)34-25-14-24(31-17-32-25)33-18-5-3-6-19(12-18)35-26(36)27(16-29)9-10-27/h1-8,11-14,17H,9-10,15H2,(H,35,36)(H2,31,32,33,34). The molecule has 10 heteroatoms. The summed E-state index contributed by atoms with van der Waals surface area (Å²) in [7, 11) is 0. The Morgan fingerprint density at radius 2 is 1.70 bits per heavy atom. The van der Waals surface area contributed by atoms with Gasteiger partial charge >= 0.3 is 0 Å². The van der Waals surface area contributed by atoms with Gasteiger partial charge in [-0.25, -0.2) is 9.97 Å². The number of amides is 1. The molecule has 3 N–H and O–H groups in total. The molecule has 9 nitrogen and oxygen atoms in total. The predicted molar refractivity (Wildman–Crippen MR) is 141 cm³/mol.